The van der Waals surface area contributed by atoms with Crippen molar-refractivity contribution in [2.45, 2.75) is 31.8 Å². The van der Waals surface area contributed by atoms with Crippen LogP contribution in [0.3, 0.4) is 0 Å². The number of benzene rings is 2. The Morgan fingerprint density at radius 3 is 2.50 bits per heavy atom. The zero-order valence-electron chi connectivity index (χ0n) is 16.7. The molecule has 0 bridgehead atoms. The standard InChI is InChI=1S/C22H25ClN6O/c23-19-9-5-4-8-18(19)20(28-13-11-17(12-14-28)21(24)30)22-25-26-27-29(22)15-10-16-6-2-1-3-7-16/h1-9,17,20H,10-15H2,(H2,24,30)/t20-/m1/s1. The highest BCUT2D eigenvalue weighted by Crippen LogP contribution is 2.34. The minimum absolute atomic E-state index is 0.0813. The quantitative estimate of drug-likeness (QED) is 0.629. The van der Waals surface area contributed by atoms with Gasteiger partial charge in [0, 0.05) is 17.5 Å². The third-order valence-electron chi connectivity index (χ3n) is 5.76. The highest BCUT2D eigenvalue weighted by Gasteiger charge is 2.33. The zero-order valence-corrected chi connectivity index (χ0v) is 17.4. The van der Waals surface area contributed by atoms with Gasteiger partial charge in [-0.25, -0.2) is 4.68 Å². The SMILES string of the molecule is NC(=O)C1CCN([C@H](c2ccccc2Cl)c2nnnn2CCc2ccccc2)CC1. The summed E-state index contributed by atoms with van der Waals surface area (Å²) < 4.78 is 1.86. The minimum atomic E-state index is -0.225. The number of nitrogens with zero attached hydrogens (tertiary/aromatic N) is 5. The molecule has 1 fully saturated rings. The van der Waals surface area contributed by atoms with E-state index in [1.807, 2.05) is 47.1 Å². The van der Waals surface area contributed by atoms with Crippen molar-refractivity contribution in [1.82, 2.24) is 25.1 Å². The molecular weight excluding hydrogens is 400 g/mol. The van der Waals surface area contributed by atoms with E-state index in [0.29, 0.717) is 11.6 Å². The predicted octanol–water partition coefficient (Wildman–Crippen LogP) is 2.86. The molecule has 4 rings (SSSR count). The lowest BCUT2D eigenvalue weighted by molar-refractivity contribution is -0.123. The molecule has 2 aromatic carbocycles. The van der Waals surface area contributed by atoms with Crippen molar-refractivity contribution >= 4 is 17.5 Å². The Hall–Kier alpha value is -2.77. The van der Waals surface area contributed by atoms with Crippen LogP contribution >= 0.6 is 11.6 Å². The van der Waals surface area contributed by atoms with Crippen LogP contribution in [0.2, 0.25) is 5.02 Å². The summed E-state index contributed by atoms with van der Waals surface area (Å²) in [6, 6.07) is 17.9. The van der Waals surface area contributed by atoms with Crippen molar-refractivity contribution in [3.63, 3.8) is 0 Å². The average Bonchev–Trinajstić information content (AvgIpc) is 3.23. The van der Waals surface area contributed by atoms with Gasteiger partial charge in [-0.1, -0.05) is 60.1 Å². The topological polar surface area (TPSA) is 89.9 Å². The van der Waals surface area contributed by atoms with Crippen LogP contribution in [0.4, 0.5) is 0 Å². The second kappa shape index (κ2) is 9.36. The molecule has 2 N–H and O–H groups in total. The fraction of sp³-hybridized carbons (Fsp3) is 0.364. The summed E-state index contributed by atoms with van der Waals surface area (Å²) in [7, 11) is 0. The van der Waals surface area contributed by atoms with E-state index in [9.17, 15) is 4.79 Å². The third-order valence-corrected chi connectivity index (χ3v) is 6.10. The van der Waals surface area contributed by atoms with Crippen LogP contribution in [-0.4, -0.2) is 44.1 Å². The number of nitrogens with two attached hydrogens (primary N) is 1. The Morgan fingerprint density at radius 1 is 1.10 bits per heavy atom. The molecule has 30 heavy (non-hydrogen) atoms. The first-order valence-corrected chi connectivity index (χ1v) is 10.6. The Balaban J connectivity index is 1.62. The molecule has 1 aliphatic heterocycles. The van der Waals surface area contributed by atoms with Crippen molar-refractivity contribution < 1.29 is 4.79 Å². The van der Waals surface area contributed by atoms with Gasteiger partial charge in [-0.3, -0.25) is 9.69 Å². The monoisotopic (exact) mass is 424 g/mol. The molecule has 1 saturated heterocycles. The van der Waals surface area contributed by atoms with Crippen molar-refractivity contribution in [2.24, 2.45) is 11.7 Å². The third kappa shape index (κ3) is 4.52. The van der Waals surface area contributed by atoms with Gasteiger partial charge in [0.1, 0.15) is 0 Å². The number of primary amides is 1. The largest absolute Gasteiger partial charge is 0.369 e. The molecule has 2 heterocycles. The van der Waals surface area contributed by atoms with Gasteiger partial charge < -0.3 is 5.73 Å². The minimum Gasteiger partial charge on any atom is -0.369 e. The van der Waals surface area contributed by atoms with Gasteiger partial charge in [0.2, 0.25) is 5.91 Å². The van der Waals surface area contributed by atoms with Crippen molar-refractivity contribution in [1.29, 1.82) is 0 Å². The number of amides is 1. The van der Waals surface area contributed by atoms with E-state index < -0.39 is 0 Å². The maximum atomic E-state index is 11.6. The van der Waals surface area contributed by atoms with Gasteiger partial charge in [0.15, 0.2) is 5.82 Å². The molecule has 0 saturated carbocycles. The zero-order chi connectivity index (χ0) is 20.9. The van der Waals surface area contributed by atoms with Crippen molar-refractivity contribution in [3.8, 4) is 0 Å². The lowest BCUT2D eigenvalue weighted by Crippen LogP contribution is -2.41. The molecule has 1 amide bonds. The lowest BCUT2D eigenvalue weighted by atomic mass is 9.93. The Kier molecular flexibility index (Phi) is 6.40. The number of likely N-dealkylation sites (tertiary alicyclic amines) is 1. The van der Waals surface area contributed by atoms with Crippen LogP contribution in [0, 0.1) is 5.92 Å². The number of halogens is 1. The van der Waals surface area contributed by atoms with E-state index in [1.165, 1.54) is 5.56 Å². The molecule has 0 aliphatic carbocycles. The Morgan fingerprint density at radius 2 is 1.80 bits per heavy atom. The van der Waals surface area contributed by atoms with Crippen LogP contribution in [0.5, 0.6) is 0 Å². The molecule has 0 spiro atoms. The number of hydrogen-bond donors (Lipinski definition) is 1. The maximum Gasteiger partial charge on any atom is 0.220 e. The predicted molar refractivity (Wildman–Crippen MR) is 115 cm³/mol. The number of piperidine rings is 1. The van der Waals surface area contributed by atoms with Gasteiger partial charge in [0.25, 0.3) is 0 Å². The summed E-state index contributed by atoms with van der Waals surface area (Å²) >= 11 is 6.58. The van der Waals surface area contributed by atoms with Gasteiger partial charge in [-0.2, -0.15) is 0 Å². The highest BCUT2D eigenvalue weighted by molar-refractivity contribution is 6.31. The summed E-state index contributed by atoms with van der Waals surface area (Å²) in [5, 5.41) is 13.3. The van der Waals surface area contributed by atoms with E-state index in [1.54, 1.807) is 0 Å². The molecule has 156 valence electrons. The van der Waals surface area contributed by atoms with Crippen LogP contribution in [0.1, 0.15) is 35.8 Å². The number of aryl methyl sites for hydroxylation is 2. The molecule has 1 atom stereocenters. The molecule has 7 nitrogen and oxygen atoms in total. The van der Waals surface area contributed by atoms with Gasteiger partial charge >= 0.3 is 0 Å². The number of aromatic nitrogens is 4. The second-order valence-corrected chi connectivity index (χ2v) is 8.04. The van der Waals surface area contributed by atoms with E-state index in [4.69, 9.17) is 17.3 Å². The van der Waals surface area contributed by atoms with Crippen LogP contribution in [0.15, 0.2) is 54.6 Å². The van der Waals surface area contributed by atoms with E-state index in [2.05, 4.69) is 32.6 Å². The fourth-order valence-corrected chi connectivity index (χ4v) is 4.32. The van der Waals surface area contributed by atoms with Crippen LogP contribution in [0.25, 0.3) is 0 Å². The molecule has 1 aromatic heterocycles. The number of hydrogen-bond acceptors (Lipinski definition) is 5. The van der Waals surface area contributed by atoms with E-state index >= 15 is 0 Å². The molecular formula is C22H25ClN6O. The smallest absolute Gasteiger partial charge is 0.220 e. The van der Waals surface area contributed by atoms with Gasteiger partial charge in [-0.15, -0.1) is 5.10 Å². The summed E-state index contributed by atoms with van der Waals surface area (Å²) in [5.74, 6) is 0.454. The molecule has 0 unspecified atom stereocenters. The highest BCUT2D eigenvalue weighted by atomic mass is 35.5. The lowest BCUT2D eigenvalue weighted by Gasteiger charge is -2.36. The van der Waals surface area contributed by atoms with E-state index in [-0.39, 0.29) is 17.9 Å². The Bertz CT molecular complexity index is 984. The first-order valence-electron chi connectivity index (χ1n) is 10.2. The number of carbonyl (C=O) groups excluding carboxylic acids is 1. The first-order chi connectivity index (χ1) is 14.6. The van der Waals surface area contributed by atoms with Crippen molar-refractivity contribution in [3.05, 3.63) is 76.6 Å². The Labute approximate surface area is 180 Å². The van der Waals surface area contributed by atoms with Gasteiger partial charge in [0.05, 0.1) is 6.04 Å². The summed E-state index contributed by atoms with van der Waals surface area (Å²) in [4.78, 5) is 13.9. The average molecular weight is 425 g/mol. The number of rotatable bonds is 7. The van der Waals surface area contributed by atoms with E-state index in [0.717, 1.165) is 43.7 Å². The van der Waals surface area contributed by atoms with Crippen LogP contribution in [-0.2, 0) is 17.8 Å². The maximum absolute atomic E-state index is 11.6. The normalized spacial score (nSPS) is 16.4. The molecule has 1 aliphatic rings. The fourth-order valence-electron chi connectivity index (χ4n) is 4.08. The number of tetrazole rings is 1. The molecule has 3 aromatic rings. The summed E-state index contributed by atoms with van der Waals surface area (Å²) in [6.45, 7) is 2.13. The van der Waals surface area contributed by atoms with Gasteiger partial charge in [-0.05, 0) is 60.0 Å². The summed E-state index contributed by atoms with van der Waals surface area (Å²) in [6.07, 6.45) is 2.28. The first kappa shape index (κ1) is 20.5. The summed E-state index contributed by atoms with van der Waals surface area (Å²) in [5.41, 5.74) is 7.72. The second-order valence-electron chi connectivity index (χ2n) is 7.63. The molecule has 0 radical (unpaired) electrons. The number of carbonyl (C=O) groups is 1. The van der Waals surface area contributed by atoms with Crippen molar-refractivity contribution in [2.75, 3.05) is 13.1 Å². The van der Waals surface area contributed by atoms with Crippen LogP contribution < -0.4 is 5.73 Å². The molecule has 8 heteroatoms.